The second kappa shape index (κ2) is 20.5. The number of carbonyl (C=O) groups is 1. The van der Waals surface area contributed by atoms with Gasteiger partial charge in [-0.1, -0.05) is 96.3 Å². The Morgan fingerprint density at radius 1 is 0.897 bits per heavy atom. The number of imidazole rings is 1. The highest BCUT2D eigenvalue weighted by atomic mass is 32.9. The number of rotatable bonds is 18. The van der Waals surface area contributed by atoms with Crippen LogP contribution in [0.15, 0.2) is 134 Å². The van der Waals surface area contributed by atoms with E-state index in [1.807, 2.05) is 84.9 Å². The summed E-state index contributed by atoms with van der Waals surface area (Å²) in [5.41, 5.74) is 0.680. The molecule has 0 spiro atoms. The highest BCUT2D eigenvalue weighted by Gasteiger charge is 2.56. The summed E-state index contributed by atoms with van der Waals surface area (Å²) in [6, 6.07) is 34.7. The SMILES string of the molecule is C=C(C)[C@@H]1CC[C@]2(C)S[P@](=S)(OC[C@H]3O[C@@H](n4cnc5c(NC(=O)c6ccccc6)ncnc54)[C@H](OCCOC)[C@@H]3OC(c3ccccc3)(c3ccc(OC)cc3)c3ccc(OC)cc3)O[C@H]2C1. The lowest BCUT2D eigenvalue weighted by molar-refractivity contribution is -0.128. The Bertz CT molecular complexity index is 2700. The molecule has 2 saturated heterocycles. The normalized spacial score (nSPS) is 25.8. The molecule has 0 unspecified atom stereocenters. The number of fused-ring (bicyclic) bond motifs is 2. The molecule has 1 N–H and O–H groups in total. The Morgan fingerprint density at radius 2 is 1.54 bits per heavy atom. The quantitative estimate of drug-likeness (QED) is 0.0377. The number of carbonyl (C=O) groups excluding carboxylic acids is 1. The number of amides is 1. The summed E-state index contributed by atoms with van der Waals surface area (Å²) >= 11 is 8.01. The van der Waals surface area contributed by atoms with Crippen LogP contribution >= 0.6 is 17.1 Å². The molecule has 3 aliphatic rings. The van der Waals surface area contributed by atoms with Crippen molar-refractivity contribution < 1.29 is 42.3 Å². The summed E-state index contributed by atoms with van der Waals surface area (Å²) in [7, 11) is 4.91. The van der Waals surface area contributed by atoms with Crippen molar-refractivity contribution in [3.63, 3.8) is 0 Å². The van der Waals surface area contributed by atoms with E-state index in [1.54, 1.807) is 67.9 Å². The van der Waals surface area contributed by atoms with Crippen LogP contribution in [0.5, 0.6) is 11.5 Å². The van der Waals surface area contributed by atoms with Crippen molar-refractivity contribution >= 4 is 51.8 Å². The van der Waals surface area contributed by atoms with Gasteiger partial charge in [0.2, 0.25) is 5.69 Å². The summed E-state index contributed by atoms with van der Waals surface area (Å²) in [6.07, 6.45) is 2.35. The molecular formula is C51H56N5O9PS2. The molecular weight excluding hydrogens is 922 g/mol. The summed E-state index contributed by atoms with van der Waals surface area (Å²) in [5, 5.41) is 2.92. The van der Waals surface area contributed by atoms with Gasteiger partial charge in [-0.25, -0.2) is 15.0 Å². The van der Waals surface area contributed by atoms with Crippen molar-refractivity contribution in [3.8, 4) is 11.5 Å². The van der Waals surface area contributed by atoms with Gasteiger partial charge in [0.1, 0.15) is 41.7 Å². The first-order chi connectivity index (χ1) is 33.0. The maximum Gasteiger partial charge on any atom is 0.256 e. The van der Waals surface area contributed by atoms with E-state index < -0.39 is 35.8 Å². The molecule has 2 aliphatic heterocycles. The number of hydrogen-bond acceptors (Lipinski definition) is 14. The monoisotopic (exact) mass is 977 g/mol. The van der Waals surface area contributed by atoms with Gasteiger partial charge in [-0.3, -0.25) is 9.36 Å². The Balaban J connectivity index is 1.16. The Hall–Kier alpha value is -5.00. The number of ether oxygens (including phenoxy) is 6. The van der Waals surface area contributed by atoms with E-state index in [2.05, 4.69) is 35.7 Å². The molecule has 2 aromatic heterocycles. The third-order valence-corrected chi connectivity index (χ3v) is 18.9. The predicted octanol–water partition coefficient (Wildman–Crippen LogP) is 9.91. The zero-order valence-electron chi connectivity index (χ0n) is 38.7. The van der Waals surface area contributed by atoms with E-state index in [-0.39, 0.29) is 42.4 Å². The minimum atomic E-state index is -2.91. The van der Waals surface area contributed by atoms with Gasteiger partial charge >= 0.3 is 0 Å². The smallest absolute Gasteiger partial charge is 0.256 e. The van der Waals surface area contributed by atoms with Crippen LogP contribution in [0, 0.1) is 5.92 Å². The molecule has 0 radical (unpaired) electrons. The topological polar surface area (TPSA) is 147 Å². The first-order valence-corrected chi connectivity index (χ1v) is 26.6. The number of methoxy groups -OCH3 is 3. The lowest BCUT2D eigenvalue weighted by Crippen LogP contribution is -2.46. The first kappa shape index (κ1) is 48.0. The number of benzene rings is 4. The summed E-state index contributed by atoms with van der Waals surface area (Å²) in [6.45, 7) is 9.09. The highest BCUT2D eigenvalue weighted by Crippen LogP contribution is 2.75. The number of aromatic nitrogens is 4. The second-order valence-electron chi connectivity index (χ2n) is 17.4. The van der Waals surface area contributed by atoms with Gasteiger partial charge in [-0.15, -0.1) is 0 Å². The lowest BCUT2D eigenvalue weighted by atomic mass is 9.77. The number of nitrogens with zero attached hydrogens (tertiary/aromatic N) is 4. The Labute approximate surface area is 406 Å². The molecule has 1 aliphatic carbocycles. The van der Waals surface area contributed by atoms with Crippen LogP contribution in [-0.2, 0) is 45.4 Å². The molecule has 17 heteroatoms. The van der Waals surface area contributed by atoms with Crippen LogP contribution in [0.4, 0.5) is 5.82 Å². The predicted molar refractivity (Wildman–Crippen MR) is 266 cm³/mol. The van der Waals surface area contributed by atoms with Crippen molar-refractivity contribution in [1.29, 1.82) is 0 Å². The first-order valence-electron chi connectivity index (χ1n) is 22.6. The molecule has 14 nitrogen and oxygen atoms in total. The minimum Gasteiger partial charge on any atom is -0.497 e. The summed E-state index contributed by atoms with van der Waals surface area (Å²) < 4.78 is 54.1. The van der Waals surface area contributed by atoms with Crippen molar-refractivity contribution in [2.45, 2.75) is 74.1 Å². The molecule has 1 saturated carbocycles. The molecule has 68 heavy (non-hydrogen) atoms. The highest BCUT2D eigenvalue weighted by molar-refractivity contribution is 8.68. The van der Waals surface area contributed by atoms with E-state index in [0.717, 1.165) is 41.5 Å². The van der Waals surface area contributed by atoms with Crippen LogP contribution in [0.1, 0.15) is 66.4 Å². The maximum absolute atomic E-state index is 13.4. The van der Waals surface area contributed by atoms with Gasteiger partial charge in [0, 0.05) is 17.4 Å². The van der Waals surface area contributed by atoms with Crippen molar-refractivity contribution in [2.75, 3.05) is 46.5 Å². The number of nitrogens with one attached hydrogen (secondary N) is 1. The number of anilines is 1. The molecule has 3 fully saturated rings. The van der Waals surface area contributed by atoms with Gasteiger partial charge in [0.25, 0.3) is 5.91 Å². The van der Waals surface area contributed by atoms with Gasteiger partial charge < -0.3 is 42.8 Å². The molecule has 0 bridgehead atoms. The lowest BCUT2D eigenvalue weighted by Gasteiger charge is -2.40. The van der Waals surface area contributed by atoms with E-state index in [1.165, 1.54) is 6.33 Å². The molecule has 356 valence electrons. The Morgan fingerprint density at radius 3 is 2.18 bits per heavy atom. The van der Waals surface area contributed by atoms with Crippen molar-refractivity contribution in [2.24, 2.45) is 5.92 Å². The second-order valence-corrected chi connectivity index (χ2v) is 24.0. The fourth-order valence-electron chi connectivity index (χ4n) is 9.39. The minimum absolute atomic E-state index is 0.0123. The largest absolute Gasteiger partial charge is 0.497 e. The molecule has 1 amide bonds. The van der Waals surface area contributed by atoms with E-state index in [9.17, 15) is 4.79 Å². The third kappa shape index (κ3) is 9.63. The van der Waals surface area contributed by atoms with Crippen LogP contribution in [0.2, 0.25) is 0 Å². The Kier molecular flexibility index (Phi) is 14.5. The zero-order valence-corrected chi connectivity index (χ0v) is 41.2. The van der Waals surface area contributed by atoms with E-state index in [4.69, 9.17) is 54.3 Å². The summed E-state index contributed by atoms with van der Waals surface area (Å²) in [4.78, 5) is 27.3. The zero-order chi connectivity index (χ0) is 47.5. The van der Waals surface area contributed by atoms with Gasteiger partial charge in [0.15, 0.2) is 23.2 Å². The van der Waals surface area contributed by atoms with Crippen LogP contribution in [0.3, 0.4) is 0 Å². The van der Waals surface area contributed by atoms with Crippen LogP contribution in [0.25, 0.3) is 11.2 Å². The maximum atomic E-state index is 13.4. The van der Waals surface area contributed by atoms with E-state index in [0.29, 0.717) is 34.1 Å². The molecule has 6 aromatic rings. The fourth-order valence-corrected chi connectivity index (χ4v) is 16.5. The van der Waals surface area contributed by atoms with E-state index >= 15 is 0 Å². The summed E-state index contributed by atoms with van der Waals surface area (Å²) in [5.74, 6) is 1.64. The van der Waals surface area contributed by atoms with Crippen LogP contribution < -0.4 is 14.8 Å². The van der Waals surface area contributed by atoms with Crippen LogP contribution in [-0.4, -0.2) is 95.7 Å². The fraction of sp³-hybridized carbons (Fsp3) is 0.373. The third-order valence-electron chi connectivity index (χ3n) is 13.1. The molecule has 4 aromatic carbocycles. The number of allylic oxidation sites excluding steroid dienone is 1. The molecule has 9 rings (SSSR count). The average molecular weight is 978 g/mol. The standard InChI is InChI=1S/C51H56N5O9PS2/c1-33(2)35-25-26-50(3)42(29-35)65-66(67,68-50)62-30-41-44(64-51(36-15-11-8-12-16-36,37-17-21-39(59-5)22-18-37)38-19-23-40(60-6)24-20-38)45(61-28-27-58-4)49(63-41)56-32-54-43-46(52-31-53-47(43)56)55-48(57)34-13-9-7-10-14-34/h7-24,31-32,35,41-42,44-45,49H,1,25-30H2,2-6H3,(H,52,53,55,57)/t35-,41-,42+,44-,45-,49-,50+,66-/m1/s1. The van der Waals surface area contributed by atoms with Gasteiger partial charge in [0.05, 0.1) is 46.5 Å². The molecule has 8 atom stereocenters. The van der Waals surface area contributed by atoms with Gasteiger partial charge in [-0.2, -0.15) is 0 Å². The molecule has 4 heterocycles. The van der Waals surface area contributed by atoms with Crippen molar-refractivity contribution in [1.82, 2.24) is 19.5 Å². The van der Waals surface area contributed by atoms with Gasteiger partial charge in [-0.05, 0) is 104 Å². The average Bonchev–Trinajstić information content (AvgIpc) is 4.03. The number of hydrogen-bond donors (Lipinski definition) is 1. The van der Waals surface area contributed by atoms with Crippen molar-refractivity contribution in [3.05, 3.63) is 156 Å².